The third-order valence-electron chi connectivity index (χ3n) is 5.92. The molecule has 0 unspecified atom stereocenters. The summed E-state index contributed by atoms with van der Waals surface area (Å²) in [5.74, 6) is -0.861. The molecule has 0 aliphatic rings. The molecule has 0 aliphatic carbocycles. The summed E-state index contributed by atoms with van der Waals surface area (Å²) in [6.07, 6.45) is 1.73. The van der Waals surface area contributed by atoms with E-state index in [2.05, 4.69) is 50.9 Å². The number of halogens is 2. The van der Waals surface area contributed by atoms with E-state index < -0.39 is 19.7 Å². The Bertz CT molecular complexity index is 1330. The Morgan fingerprint density at radius 3 is 2.13 bits per heavy atom. The van der Waals surface area contributed by atoms with Gasteiger partial charge in [0, 0.05) is 27.7 Å². The highest BCUT2D eigenvalue weighted by molar-refractivity contribution is 6.89. The average Bonchev–Trinajstić information content (AvgIpc) is 2.65. The molecule has 0 saturated heterocycles. The zero-order valence-corrected chi connectivity index (χ0v) is 20.3. The van der Waals surface area contributed by atoms with Crippen molar-refractivity contribution in [3.63, 3.8) is 0 Å². The van der Waals surface area contributed by atoms with E-state index in [4.69, 9.17) is 0 Å². The molecule has 0 bridgehead atoms. The van der Waals surface area contributed by atoms with Crippen molar-refractivity contribution in [3.05, 3.63) is 71.4 Å². The van der Waals surface area contributed by atoms with Gasteiger partial charge in [-0.3, -0.25) is 4.98 Å². The van der Waals surface area contributed by atoms with E-state index in [1.54, 1.807) is 12.3 Å². The maximum atomic E-state index is 15.4. The van der Waals surface area contributed by atoms with Gasteiger partial charge in [0.25, 0.3) is 0 Å². The van der Waals surface area contributed by atoms with E-state index >= 15 is 8.78 Å². The minimum atomic E-state index is -2.16. The van der Waals surface area contributed by atoms with Crippen LogP contribution in [0, 0.1) is 18.6 Å². The van der Waals surface area contributed by atoms with Crippen molar-refractivity contribution in [3.8, 4) is 11.3 Å². The van der Waals surface area contributed by atoms with Crippen LogP contribution in [0.3, 0.4) is 0 Å². The van der Waals surface area contributed by atoms with Crippen LogP contribution in [0.15, 0.2) is 48.7 Å². The van der Waals surface area contributed by atoms with Gasteiger partial charge in [0.2, 0.25) is 0 Å². The number of fused-ring (bicyclic) bond motifs is 3. The van der Waals surface area contributed by atoms with Crippen LogP contribution in [-0.2, 0) is 5.41 Å². The highest BCUT2D eigenvalue weighted by Gasteiger charge is 2.27. The van der Waals surface area contributed by atoms with Crippen molar-refractivity contribution in [2.45, 2.75) is 52.8 Å². The summed E-state index contributed by atoms with van der Waals surface area (Å²) in [5, 5.41) is 3.06. The second-order valence-electron chi connectivity index (χ2n) is 10.6. The predicted molar refractivity (Wildman–Crippen MR) is 131 cm³/mol. The topological polar surface area (TPSA) is 12.9 Å². The summed E-state index contributed by atoms with van der Waals surface area (Å²) in [7, 11) is -2.16. The van der Waals surface area contributed by atoms with Crippen molar-refractivity contribution >= 4 is 34.8 Å². The SMILES string of the molecule is Cc1cc(-c2nccc3c2ccc2c(F)c([Si](C)(C)C)c(F)cc23)cc(C(C)(C)C)c1. The van der Waals surface area contributed by atoms with Gasteiger partial charge in [-0.05, 0) is 52.9 Å². The molecule has 3 aromatic carbocycles. The molecule has 0 N–H and O–H groups in total. The molecule has 31 heavy (non-hydrogen) atoms. The Morgan fingerprint density at radius 2 is 1.48 bits per heavy atom. The number of rotatable bonds is 2. The maximum absolute atomic E-state index is 15.4. The number of hydrogen-bond acceptors (Lipinski definition) is 1. The molecular formula is C27H29F2NSi. The van der Waals surface area contributed by atoms with Gasteiger partial charge in [0.1, 0.15) is 11.6 Å². The predicted octanol–water partition coefficient (Wildman–Crippen LogP) is 7.48. The minimum absolute atomic E-state index is 0.0115. The second-order valence-corrected chi connectivity index (χ2v) is 15.6. The van der Waals surface area contributed by atoms with Gasteiger partial charge in [-0.15, -0.1) is 0 Å². The van der Waals surface area contributed by atoms with E-state index in [0.29, 0.717) is 10.8 Å². The van der Waals surface area contributed by atoms with Gasteiger partial charge in [-0.1, -0.05) is 64.2 Å². The van der Waals surface area contributed by atoms with Gasteiger partial charge < -0.3 is 0 Å². The van der Waals surface area contributed by atoms with Crippen LogP contribution >= 0.6 is 0 Å². The van der Waals surface area contributed by atoms with E-state index in [0.717, 1.165) is 22.0 Å². The van der Waals surface area contributed by atoms with Crippen LogP contribution in [-0.4, -0.2) is 13.1 Å². The van der Waals surface area contributed by atoms with Gasteiger partial charge in [0.05, 0.1) is 13.8 Å². The van der Waals surface area contributed by atoms with Gasteiger partial charge in [0.15, 0.2) is 0 Å². The molecule has 1 heterocycles. The third kappa shape index (κ3) is 3.78. The number of pyridine rings is 1. The number of benzene rings is 3. The summed E-state index contributed by atoms with van der Waals surface area (Å²) >= 11 is 0. The third-order valence-corrected chi connectivity index (χ3v) is 7.88. The molecule has 0 saturated carbocycles. The Hall–Kier alpha value is -2.59. The molecule has 0 atom stereocenters. The molecule has 4 rings (SSSR count). The highest BCUT2D eigenvalue weighted by atomic mass is 28.3. The zero-order chi connectivity index (χ0) is 22.7. The molecular weight excluding hydrogens is 404 g/mol. The summed E-state index contributed by atoms with van der Waals surface area (Å²) in [4.78, 5) is 4.67. The molecule has 0 fully saturated rings. The molecule has 4 heteroatoms. The van der Waals surface area contributed by atoms with Crippen molar-refractivity contribution < 1.29 is 8.78 Å². The summed E-state index contributed by atoms with van der Waals surface area (Å²) in [6, 6.07) is 13.6. The van der Waals surface area contributed by atoms with Crippen LogP contribution in [0.2, 0.25) is 19.6 Å². The van der Waals surface area contributed by atoms with Crippen LogP contribution in [0.4, 0.5) is 8.78 Å². The molecule has 0 aliphatic heterocycles. The van der Waals surface area contributed by atoms with E-state index in [1.807, 2.05) is 31.8 Å². The lowest BCUT2D eigenvalue weighted by atomic mass is 9.84. The Balaban J connectivity index is 2.04. The quantitative estimate of drug-likeness (QED) is 0.236. The van der Waals surface area contributed by atoms with Crippen molar-refractivity contribution in [1.82, 2.24) is 4.98 Å². The number of aryl methyl sites for hydroxylation is 1. The highest BCUT2D eigenvalue weighted by Crippen LogP contribution is 2.35. The first-order valence-corrected chi connectivity index (χ1v) is 14.2. The first-order valence-electron chi connectivity index (χ1n) is 10.7. The molecule has 0 radical (unpaired) electrons. The number of aromatic nitrogens is 1. The first-order chi connectivity index (χ1) is 14.4. The van der Waals surface area contributed by atoms with Gasteiger partial charge in [-0.25, -0.2) is 8.78 Å². The van der Waals surface area contributed by atoms with E-state index in [-0.39, 0.29) is 10.6 Å². The van der Waals surface area contributed by atoms with Crippen LogP contribution in [0.5, 0.6) is 0 Å². The largest absolute Gasteiger partial charge is 0.256 e. The lowest BCUT2D eigenvalue weighted by Gasteiger charge is -2.21. The van der Waals surface area contributed by atoms with Gasteiger partial charge >= 0.3 is 0 Å². The van der Waals surface area contributed by atoms with Crippen molar-refractivity contribution in [2.75, 3.05) is 0 Å². The maximum Gasteiger partial charge on any atom is 0.133 e. The average molecular weight is 434 g/mol. The Labute approximate surface area is 184 Å². The summed E-state index contributed by atoms with van der Waals surface area (Å²) in [6.45, 7) is 14.6. The first kappa shape index (κ1) is 21.6. The standard InChI is InChI=1S/C27H29F2NSi/c1-16-12-17(14-18(13-16)27(2,3)4)25-21-9-8-20-22(19(21)10-11-30-25)15-23(28)26(24(20)29)31(5,6)7/h8-15H,1-7H3. The molecule has 4 aromatic rings. The molecule has 0 spiro atoms. The van der Waals surface area contributed by atoms with E-state index in [9.17, 15) is 0 Å². The summed E-state index contributed by atoms with van der Waals surface area (Å²) < 4.78 is 30.4. The molecule has 0 amide bonds. The van der Waals surface area contributed by atoms with Crippen molar-refractivity contribution in [1.29, 1.82) is 0 Å². The zero-order valence-electron chi connectivity index (χ0n) is 19.3. The van der Waals surface area contributed by atoms with Crippen molar-refractivity contribution in [2.24, 2.45) is 0 Å². The molecule has 160 valence electrons. The fourth-order valence-corrected chi connectivity index (χ4v) is 5.92. The fraction of sp³-hybridized carbons (Fsp3) is 0.296. The monoisotopic (exact) mass is 433 g/mol. The van der Waals surface area contributed by atoms with Gasteiger partial charge in [-0.2, -0.15) is 0 Å². The Kier molecular flexibility index (Phi) is 5.05. The lowest BCUT2D eigenvalue weighted by Crippen LogP contribution is -2.42. The normalized spacial score (nSPS) is 12.7. The number of nitrogens with zero attached hydrogens (tertiary/aromatic N) is 1. The summed E-state index contributed by atoms with van der Waals surface area (Å²) in [5.41, 5.74) is 4.27. The smallest absolute Gasteiger partial charge is 0.133 e. The lowest BCUT2D eigenvalue weighted by molar-refractivity contribution is 0.590. The molecule has 1 nitrogen and oxygen atoms in total. The fourth-order valence-electron chi connectivity index (χ4n) is 4.33. The van der Waals surface area contributed by atoms with Crippen LogP contribution < -0.4 is 5.19 Å². The minimum Gasteiger partial charge on any atom is -0.256 e. The molecule has 1 aromatic heterocycles. The Morgan fingerprint density at radius 1 is 0.806 bits per heavy atom. The van der Waals surface area contributed by atoms with Crippen LogP contribution in [0.25, 0.3) is 32.8 Å². The number of hydrogen-bond donors (Lipinski definition) is 0. The van der Waals surface area contributed by atoms with Crippen LogP contribution in [0.1, 0.15) is 31.9 Å². The van der Waals surface area contributed by atoms with E-state index in [1.165, 1.54) is 17.2 Å². The second kappa shape index (κ2) is 7.23.